The van der Waals surface area contributed by atoms with Crippen molar-refractivity contribution in [3.63, 3.8) is 0 Å². The summed E-state index contributed by atoms with van der Waals surface area (Å²) in [5.41, 5.74) is -0.00509. The predicted molar refractivity (Wildman–Crippen MR) is 53.2 cm³/mol. The quantitative estimate of drug-likeness (QED) is 0.624. The van der Waals surface area contributed by atoms with Crippen LogP contribution in [0.15, 0.2) is 29.5 Å². The minimum Gasteiger partial charge on any atom is -0.316 e. The highest BCUT2D eigenvalue weighted by Crippen LogP contribution is 2.17. The highest BCUT2D eigenvalue weighted by Gasteiger charge is 2.10. The second kappa shape index (κ2) is 2.88. The second-order valence-electron chi connectivity index (χ2n) is 3.38. The number of aromatic nitrogens is 3. The summed E-state index contributed by atoms with van der Waals surface area (Å²) in [6.45, 7) is 0. The lowest BCUT2D eigenvalue weighted by atomic mass is 10.2. The Balaban J connectivity index is 2.69. The van der Waals surface area contributed by atoms with E-state index in [9.17, 15) is 13.6 Å². The normalized spacial score (nSPS) is 11.4. The Kier molecular flexibility index (Phi) is 1.62. The van der Waals surface area contributed by atoms with Crippen molar-refractivity contribution in [1.82, 2.24) is 14.4 Å². The molecule has 0 aliphatic rings. The molecule has 0 bridgehead atoms. The highest BCUT2D eigenvalue weighted by molar-refractivity contribution is 5.78. The molecule has 3 rings (SSSR count). The fourth-order valence-corrected chi connectivity index (χ4v) is 1.71. The maximum absolute atomic E-state index is 13.4. The van der Waals surface area contributed by atoms with Crippen LogP contribution in [-0.4, -0.2) is 14.4 Å². The number of rotatable bonds is 0. The Labute approximate surface area is 87.2 Å². The van der Waals surface area contributed by atoms with Crippen LogP contribution < -0.4 is 5.56 Å². The molecule has 0 aliphatic carbocycles. The highest BCUT2D eigenvalue weighted by atomic mass is 19.1. The predicted octanol–water partition coefficient (Wildman–Crippen LogP) is 1.45. The van der Waals surface area contributed by atoms with E-state index in [1.807, 2.05) is 0 Å². The van der Waals surface area contributed by atoms with Gasteiger partial charge in [0.05, 0.1) is 18.0 Å². The Morgan fingerprint density at radius 3 is 2.88 bits per heavy atom. The molecule has 1 N–H and O–H groups in total. The molecular weight excluding hydrogens is 216 g/mol. The summed E-state index contributed by atoms with van der Waals surface area (Å²) in [4.78, 5) is 17.6. The van der Waals surface area contributed by atoms with E-state index >= 15 is 0 Å². The zero-order chi connectivity index (χ0) is 11.3. The Hall–Kier alpha value is -2.24. The molecule has 4 nitrogen and oxygen atoms in total. The van der Waals surface area contributed by atoms with Crippen molar-refractivity contribution in [2.75, 3.05) is 0 Å². The second-order valence-corrected chi connectivity index (χ2v) is 3.38. The smallest absolute Gasteiger partial charge is 0.274 e. The van der Waals surface area contributed by atoms with Gasteiger partial charge in [0, 0.05) is 12.1 Å². The number of halogens is 2. The molecular formula is C10H5F2N3O. The van der Waals surface area contributed by atoms with E-state index in [1.165, 1.54) is 16.9 Å². The molecule has 0 unspecified atom stereocenters. The molecule has 0 radical (unpaired) electrons. The van der Waals surface area contributed by atoms with Gasteiger partial charge in [-0.15, -0.1) is 0 Å². The molecule has 0 saturated carbocycles. The molecule has 0 saturated heterocycles. The van der Waals surface area contributed by atoms with Crippen molar-refractivity contribution in [1.29, 1.82) is 0 Å². The number of H-pyrrole nitrogens is 1. The Morgan fingerprint density at radius 1 is 1.25 bits per heavy atom. The largest absolute Gasteiger partial charge is 0.316 e. The first-order valence-corrected chi connectivity index (χ1v) is 4.50. The molecule has 0 fully saturated rings. The van der Waals surface area contributed by atoms with Crippen LogP contribution in [0.5, 0.6) is 0 Å². The first-order valence-electron chi connectivity index (χ1n) is 4.50. The molecule has 2 aromatic heterocycles. The monoisotopic (exact) mass is 221 g/mol. The van der Waals surface area contributed by atoms with Crippen LogP contribution in [0.2, 0.25) is 0 Å². The lowest BCUT2D eigenvalue weighted by molar-refractivity contribution is 0.589. The fraction of sp³-hybridized carbons (Fsp3) is 0. The van der Waals surface area contributed by atoms with E-state index in [2.05, 4.69) is 9.97 Å². The molecule has 0 atom stereocenters. The lowest BCUT2D eigenvalue weighted by Crippen LogP contribution is -2.10. The lowest BCUT2D eigenvalue weighted by Gasteiger charge is -2.02. The summed E-state index contributed by atoms with van der Waals surface area (Å²) in [5.74, 6) is -1.50. The maximum atomic E-state index is 13.4. The summed E-state index contributed by atoms with van der Waals surface area (Å²) in [7, 11) is 0. The maximum Gasteiger partial charge on any atom is 0.274 e. The summed E-state index contributed by atoms with van der Waals surface area (Å²) < 4.78 is 27.8. The van der Waals surface area contributed by atoms with E-state index in [0.29, 0.717) is 0 Å². The van der Waals surface area contributed by atoms with Crippen molar-refractivity contribution >= 4 is 16.6 Å². The van der Waals surface area contributed by atoms with Gasteiger partial charge in [-0.3, -0.25) is 9.20 Å². The third kappa shape index (κ3) is 1.06. The Bertz CT molecular complexity index is 760. The van der Waals surface area contributed by atoms with E-state index < -0.39 is 17.2 Å². The Morgan fingerprint density at radius 2 is 2.06 bits per heavy atom. The van der Waals surface area contributed by atoms with E-state index in [-0.39, 0.29) is 16.6 Å². The zero-order valence-electron chi connectivity index (χ0n) is 7.87. The summed E-state index contributed by atoms with van der Waals surface area (Å²) in [6.07, 6.45) is 2.67. The van der Waals surface area contributed by atoms with Crippen LogP contribution in [0.25, 0.3) is 16.6 Å². The van der Waals surface area contributed by atoms with Crippen molar-refractivity contribution in [2.24, 2.45) is 0 Å². The minimum atomic E-state index is -0.803. The van der Waals surface area contributed by atoms with Crippen molar-refractivity contribution in [3.05, 3.63) is 46.6 Å². The van der Waals surface area contributed by atoms with E-state index in [0.717, 1.165) is 12.1 Å². The summed E-state index contributed by atoms with van der Waals surface area (Å²) in [5, 5.41) is 0. The van der Waals surface area contributed by atoms with Crippen LogP contribution in [0.3, 0.4) is 0 Å². The number of benzene rings is 1. The number of aromatic amines is 1. The number of hydrogen-bond donors (Lipinski definition) is 1. The van der Waals surface area contributed by atoms with E-state index in [4.69, 9.17) is 0 Å². The van der Waals surface area contributed by atoms with Gasteiger partial charge in [0.15, 0.2) is 5.82 Å². The van der Waals surface area contributed by atoms with Crippen LogP contribution >= 0.6 is 0 Å². The first-order chi connectivity index (χ1) is 7.66. The van der Waals surface area contributed by atoms with Gasteiger partial charge in [-0.2, -0.15) is 0 Å². The summed E-state index contributed by atoms with van der Waals surface area (Å²) >= 11 is 0. The molecule has 6 heteroatoms. The van der Waals surface area contributed by atoms with Crippen LogP contribution in [0.4, 0.5) is 8.78 Å². The molecule has 0 aliphatic heterocycles. The molecule has 1 aromatic carbocycles. The van der Waals surface area contributed by atoms with Gasteiger partial charge < -0.3 is 4.98 Å². The first kappa shape index (κ1) is 9.02. The van der Waals surface area contributed by atoms with Gasteiger partial charge in [-0.05, 0) is 0 Å². The molecule has 80 valence electrons. The van der Waals surface area contributed by atoms with Gasteiger partial charge in [0.25, 0.3) is 5.56 Å². The standard InChI is InChI=1S/C10H5F2N3O/c11-5-1-6(12)9-7(2-5)15-4-13-3-8(15)10(16)14-9/h1-4H,(H,14,16). The van der Waals surface area contributed by atoms with Crippen LogP contribution in [0, 0.1) is 11.6 Å². The molecule has 16 heavy (non-hydrogen) atoms. The number of fused-ring (bicyclic) bond motifs is 3. The molecule has 0 amide bonds. The fourth-order valence-electron chi connectivity index (χ4n) is 1.71. The molecule has 2 heterocycles. The zero-order valence-corrected chi connectivity index (χ0v) is 7.87. The average molecular weight is 221 g/mol. The third-order valence-corrected chi connectivity index (χ3v) is 2.40. The SMILES string of the molecule is O=c1[nH]c2c(F)cc(F)cc2n2cncc12. The van der Waals surface area contributed by atoms with E-state index in [1.54, 1.807) is 0 Å². The van der Waals surface area contributed by atoms with Gasteiger partial charge >= 0.3 is 0 Å². The van der Waals surface area contributed by atoms with Crippen molar-refractivity contribution in [2.45, 2.75) is 0 Å². The van der Waals surface area contributed by atoms with Crippen LogP contribution in [-0.2, 0) is 0 Å². The molecule has 0 spiro atoms. The van der Waals surface area contributed by atoms with Crippen LogP contribution in [0.1, 0.15) is 0 Å². The number of nitrogens with zero attached hydrogens (tertiary/aromatic N) is 2. The third-order valence-electron chi connectivity index (χ3n) is 2.40. The summed E-state index contributed by atoms with van der Waals surface area (Å²) in [6, 6.07) is 1.87. The number of hydrogen-bond acceptors (Lipinski definition) is 2. The van der Waals surface area contributed by atoms with Gasteiger partial charge in [0.1, 0.15) is 16.9 Å². The number of imidazole rings is 1. The minimum absolute atomic E-state index is 0.0306. The van der Waals surface area contributed by atoms with Gasteiger partial charge in [-0.25, -0.2) is 13.8 Å². The number of nitrogens with one attached hydrogen (secondary N) is 1. The average Bonchev–Trinajstić information content (AvgIpc) is 2.69. The topological polar surface area (TPSA) is 50.2 Å². The van der Waals surface area contributed by atoms with Gasteiger partial charge in [0.2, 0.25) is 0 Å². The van der Waals surface area contributed by atoms with Crippen molar-refractivity contribution in [3.8, 4) is 0 Å². The molecule has 3 aromatic rings. The van der Waals surface area contributed by atoms with Gasteiger partial charge in [-0.1, -0.05) is 0 Å². The van der Waals surface area contributed by atoms with Crippen molar-refractivity contribution < 1.29 is 8.78 Å².